The third-order valence-electron chi connectivity index (χ3n) is 5.88. The van der Waals surface area contributed by atoms with Gasteiger partial charge in [-0.3, -0.25) is 0 Å². The van der Waals surface area contributed by atoms with E-state index >= 15 is 0 Å². The summed E-state index contributed by atoms with van der Waals surface area (Å²) in [6.07, 6.45) is 1.82. The van der Waals surface area contributed by atoms with Crippen LogP contribution < -0.4 is 5.63 Å². The molecular formula is C25H26O4. The average Bonchev–Trinajstić information content (AvgIpc) is 3.57. The normalized spacial score (nSPS) is 16.9. The van der Waals surface area contributed by atoms with E-state index < -0.39 is 17.6 Å². The van der Waals surface area contributed by atoms with Crippen LogP contribution in [0.5, 0.6) is 5.75 Å². The molecule has 1 aliphatic rings. The number of rotatable bonds is 7. The SMILES string of the molecule is CC[C@H](c1cc(O)c([C@@H](c2ccccc2)C2CC2)c(=O)o1)[C@H](O)c1ccccc1. The lowest BCUT2D eigenvalue weighted by Crippen LogP contribution is -2.19. The molecule has 0 radical (unpaired) electrons. The highest BCUT2D eigenvalue weighted by Gasteiger charge is 2.37. The first-order valence-corrected chi connectivity index (χ1v) is 10.2. The predicted octanol–water partition coefficient (Wildman–Crippen LogP) is 5.11. The first kappa shape index (κ1) is 19.5. The van der Waals surface area contributed by atoms with Gasteiger partial charge >= 0.3 is 5.63 Å². The maximum atomic E-state index is 13.0. The van der Waals surface area contributed by atoms with Crippen molar-refractivity contribution < 1.29 is 14.6 Å². The molecule has 0 amide bonds. The molecule has 1 saturated carbocycles. The predicted molar refractivity (Wildman–Crippen MR) is 112 cm³/mol. The molecule has 1 fully saturated rings. The van der Waals surface area contributed by atoms with Crippen molar-refractivity contribution in [2.24, 2.45) is 5.92 Å². The summed E-state index contributed by atoms with van der Waals surface area (Å²) >= 11 is 0. The van der Waals surface area contributed by atoms with Gasteiger partial charge in [-0.15, -0.1) is 0 Å². The monoisotopic (exact) mass is 390 g/mol. The number of hydrogen-bond donors (Lipinski definition) is 2. The minimum absolute atomic E-state index is 0.0456. The Bertz CT molecular complexity index is 1010. The van der Waals surface area contributed by atoms with E-state index in [4.69, 9.17) is 4.42 Å². The highest BCUT2D eigenvalue weighted by Crippen LogP contribution is 2.48. The number of aromatic hydroxyl groups is 1. The molecule has 4 rings (SSSR count). The molecule has 0 bridgehead atoms. The highest BCUT2D eigenvalue weighted by atomic mass is 16.4. The van der Waals surface area contributed by atoms with Crippen molar-refractivity contribution in [3.63, 3.8) is 0 Å². The van der Waals surface area contributed by atoms with Gasteiger partial charge in [-0.05, 0) is 36.3 Å². The Balaban J connectivity index is 1.72. The smallest absolute Gasteiger partial charge is 0.343 e. The van der Waals surface area contributed by atoms with Gasteiger partial charge in [0.2, 0.25) is 0 Å². The Kier molecular flexibility index (Phi) is 5.54. The van der Waals surface area contributed by atoms with Gasteiger partial charge in [0.25, 0.3) is 0 Å². The van der Waals surface area contributed by atoms with Gasteiger partial charge in [-0.25, -0.2) is 4.79 Å². The molecule has 2 N–H and O–H groups in total. The van der Waals surface area contributed by atoms with E-state index in [0.29, 0.717) is 23.7 Å². The van der Waals surface area contributed by atoms with Crippen molar-refractivity contribution in [3.05, 3.63) is 99.6 Å². The Morgan fingerprint density at radius 2 is 1.59 bits per heavy atom. The summed E-state index contributed by atoms with van der Waals surface area (Å²) in [5.41, 5.74) is 1.58. The van der Waals surface area contributed by atoms with Crippen molar-refractivity contribution in [2.75, 3.05) is 0 Å². The Morgan fingerprint density at radius 3 is 2.10 bits per heavy atom. The summed E-state index contributed by atoms with van der Waals surface area (Å²) in [4.78, 5) is 13.0. The van der Waals surface area contributed by atoms with E-state index in [0.717, 1.165) is 24.0 Å². The fourth-order valence-corrected chi connectivity index (χ4v) is 4.20. The number of hydrogen-bond acceptors (Lipinski definition) is 4. The van der Waals surface area contributed by atoms with E-state index in [2.05, 4.69) is 0 Å². The first-order valence-electron chi connectivity index (χ1n) is 10.2. The van der Waals surface area contributed by atoms with Crippen LogP contribution in [-0.4, -0.2) is 10.2 Å². The fourth-order valence-electron chi connectivity index (χ4n) is 4.20. The average molecular weight is 390 g/mol. The van der Waals surface area contributed by atoms with Crippen LogP contribution in [0.15, 0.2) is 75.9 Å². The molecule has 150 valence electrons. The van der Waals surface area contributed by atoms with E-state index in [1.54, 1.807) is 0 Å². The van der Waals surface area contributed by atoms with Crippen LogP contribution in [0.25, 0.3) is 0 Å². The van der Waals surface area contributed by atoms with Crippen LogP contribution in [0.4, 0.5) is 0 Å². The summed E-state index contributed by atoms with van der Waals surface area (Å²) in [5, 5.41) is 21.7. The fraction of sp³-hybridized carbons (Fsp3) is 0.320. The first-order chi connectivity index (χ1) is 14.1. The molecule has 4 nitrogen and oxygen atoms in total. The lowest BCUT2D eigenvalue weighted by molar-refractivity contribution is 0.129. The summed E-state index contributed by atoms with van der Waals surface area (Å²) in [5.74, 6) is 0.0316. The van der Waals surface area contributed by atoms with Crippen LogP contribution >= 0.6 is 0 Å². The largest absolute Gasteiger partial charge is 0.507 e. The quantitative estimate of drug-likeness (QED) is 0.588. The van der Waals surface area contributed by atoms with Crippen molar-refractivity contribution in [3.8, 4) is 5.75 Å². The zero-order valence-electron chi connectivity index (χ0n) is 16.5. The molecule has 1 aliphatic carbocycles. The van der Waals surface area contributed by atoms with Crippen LogP contribution in [0.1, 0.15) is 66.6 Å². The number of aliphatic hydroxyl groups excluding tert-OH is 1. The van der Waals surface area contributed by atoms with Crippen LogP contribution in [0.3, 0.4) is 0 Å². The van der Waals surface area contributed by atoms with Gasteiger partial charge in [0.15, 0.2) is 0 Å². The lowest BCUT2D eigenvalue weighted by atomic mass is 9.86. The molecule has 1 aromatic heterocycles. The molecular weight excluding hydrogens is 364 g/mol. The molecule has 29 heavy (non-hydrogen) atoms. The minimum atomic E-state index is -0.817. The topological polar surface area (TPSA) is 70.7 Å². The second-order valence-corrected chi connectivity index (χ2v) is 7.83. The van der Waals surface area contributed by atoms with Crippen molar-refractivity contribution in [2.45, 2.75) is 44.1 Å². The molecule has 1 heterocycles. The van der Waals surface area contributed by atoms with Gasteiger partial charge in [-0.2, -0.15) is 0 Å². The Morgan fingerprint density at radius 1 is 1.00 bits per heavy atom. The summed E-state index contributed by atoms with van der Waals surface area (Å²) in [7, 11) is 0. The number of aliphatic hydroxyl groups is 1. The van der Waals surface area contributed by atoms with E-state index in [9.17, 15) is 15.0 Å². The van der Waals surface area contributed by atoms with Crippen molar-refractivity contribution in [1.29, 1.82) is 0 Å². The van der Waals surface area contributed by atoms with E-state index in [1.807, 2.05) is 67.6 Å². The molecule has 2 aromatic carbocycles. The van der Waals surface area contributed by atoms with Crippen LogP contribution in [-0.2, 0) is 0 Å². The van der Waals surface area contributed by atoms with E-state index in [-0.39, 0.29) is 11.7 Å². The number of benzene rings is 2. The molecule has 4 heteroatoms. The molecule has 3 aromatic rings. The van der Waals surface area contributed by atoms with Gasteiger partial charge in [0.1, 0.15) is 11.5 Å². The zero-order chi connectivity index (χ0) is 20.4. The van der Waals surface area contributed by atoms with Crippen LogP contribution in [0.2, 0.25) is 0 Å². The molecule has 0 unspecified atom stereocenters. The summed E-state index contributed by atoms with van der Waals surface area (Å²) in [6, 6.07) is 20.6. The molecule has 0 saturated heterocycles. The third kappa shape index (κ3) is 3.99. The van der Waals surface area contributed by atoms with E-state index in [1.165, 1.54) is 6.07 Å². The third-order valence-corrected chi connectivity index (χ3v) is 5.88. The second-order valence-electron chi connectivity index (χ2n) is 7.83. The lowest BCUT2D eigenvalue weighted by Gasteiger charge is -2.23. The van der Waals surface area contributed by atoms with Gasteiger partial charge in [-0.1, -0.05) is 67.6 Å². The zero-order valence-corrected chi connectivity index (χ0v) is 16.5. The summed E-state index contributed by atoms with van der Waals surface area (Å²) in [6.45, 7) is 1.93. The maximum absolute atomic E-state index is 13.0. The Labute approximate surface area is 170 Å². The highest BCUT2D eigenvalue weighted by molar-refractivity contribution is 5.42. The van der Waals surface area contributed by atoms with Gasteiger partial charge < -0.3 is 14.6 Å². The molecule has 0 aliphatic heterocycles. The van der Waals surface area contributed by atoms with Crippen molar-refractivity contribution >= 4 is 0 Å². The minimum Gasteiger partial charge on any atom is -0.507 e. The van der Waals surface area contributed by atoms with Gasteiger partial charge in [0, 0.05) is 17.9 Å². The molecule has 0 spiro atoms. The standard InChI is InChI=1S/C25H26O4/c1-2-19(24(27)18-11-7-4-8-12-18)21-15-20(26)23(25(28)29-21)22(17-13-14-17)16-9-5-3-6-10-16/h3-12,15,17,19,22,24,26-27H,2,13-14H2,1H3/t19-,22+,24-/m1/s1. The van der Waals surface area contributed by atoms with Gasteiger partial charge in [0.05, 0.1) is 11.7 Å². The van der Waals surface area contributed by atoms with Crippen LogP contribution in [0, 0.1) is 5.92 Å². The summed E-state index contributed by atoms with van der Waals surface area (Å²) < 4.78 is 5.69. The Hall–Kier alpha value is -2.85. The molecule has 3 atom stereocenters. The van der Waals surface area contributed by atoms with Crippen molar-refractivity contribution in [1.82, 2.24) is 0 Å². The second kappa shape index (κ2) is 8.26. The maximum Gasteiger partial charge on any atom is 0.343 e.